The van der Waals surface area contributed by atoms with Crippen LogP contribution >= 0.6 is 0 Å². The number of carbonyl (C=O) groups is 1. The lowest BCUT2D eigenvalue weighted by molar-refractivity contribution is -0.130. The summed E-state index contributed by atoms with van der Waals surface area (Å²) in [7, 11) is 0. The van der Waals surface area contributed by atoms with Crippen LogP contribution in [-0.2, 0) is 4.79 Å². The van der Waals surface area contributed by atoms with E-state index < -0.39 is 0 Å². The summed E-state index contributed by atoms with van der Waals surface area (Å²) in [6, 6.07) is 7.29. The normalized spacial score (nSPS) is 16.1. The number of anilines is 2. The van der Waals surface area contributed by atoms with Crippen molar-refractivity contribution in [3.05, 3.63) is 24.3 Å². The smallest absolute Gasteiger partial charge is 0.244 e. The zero-order valence-corrected chi connectivity index (χ0v) is 12.0. The molecule has 0 spiro atoms. The molecule has 110 valence electrons. The molecule has 1 aromatic carbocycles. The van der Waals surface area contributed by atoms with Crippen LogP contribution in [0, 0.1) is 0 Å². The number of nitrogens with one attached hydrogen (secondary N) is 1. The van der Waals surface area contributed by atoms with Crippen molar-refractivity contribution in [2.24, 2.45) is 0 Å². The van der Waals surface area contributed by atoms with Crippen molar-refractivity contribution in [1.82, 2.24) is 14.9 Å². The highest BCUT2D eigenvalue weighted by atomic mass is 16.2. The third-order valence-corrected chi connectivity index (χ3v) is 3.76. The van der Waals surface area contributed by atoms with E-state index in [0.717, 1.165) is 36.8 Å². The molecule has 2 heterocycles. The van der Waals surface area contributed by atoms with Gasteiger partial charge in [-0.1, -0.05) is 12.1 Å². The third kappa shape index (κ3) is 2.74. The molecule has 0 radical (unpaired) electrons. The second-order valence-corrected chi connectivity index (χ2v) is 5.35. The van der Waals surface area contributed by atoms with Crippen molar-refractivity contribution >= 4 is 28.6 Å². The maximum Gasteiger partial charge on any atom is 0.244 e. The Kier molecular flexibility index (Phi) is 3.60. The molecule has 1 fully saturated rings. The highest BCUT2D eigenvalue weighted by Gasteiger charge is 2.23. The van der Waals surface area contributed by atoms with E-state index in [0.29, 0.717) is 5.82 Å². The van der Waals surface area contributed by atoms with Crippen molar-refractivity contribution in [1.29, 1.82) is 0 Å². The Balaban J connectivity index is 1.85. The molecule has 21 heavy (non-hydrogen) atoms. The maximum absolute atomic E-state index is 12.4. The fraction of sp³-hybridized carbons (Fsp3) is 0.400. The molecule has 1 amide bonds. The minimum absolute atomic E-state index is 0.105. The van der Waals surface area contributed by atoms with Gasteiger partial charge in [0, 0.05) is 18.5 Å². The summed E-state index contributed by atoms with van der Waals surface area (Å²) in [5, 5.41) is 4.05. The van der Waals surface area contributed by atoms with Crippen LogP contribution in [0.5, 0.6) is 0 Å². The Labute approximate surface area is 123 Å². The Morgan fingerprint density at radius 3 is 2.76 bits per heavy atom. The molecule has 1 aliphatic rings. The topological polar surface area (TPSA) is 84.1 Å². The summed E-state index contributed by atoms with van der Waals surface area (Å²) in [6.07, 6.45) is 2.17. The fourth-order valence-electron chi connectivity index (χ4n) is 2.68. The van der Waals surface area contributed by atoms with Gasteiger partial charge in [0.15, 0.2) is 0 Å². The minimum atomic E-state index is -0.333. The first-order chi connectivity index (χ1) is 10.1. The van der Waals surface area contributed by atoms with Crippen molar-refractivity contribution in [2.45, 2.75) is 25.8 Å². The van der Waals surface area contributed by atoms with Crippen LogP contribution in [0.3, 0.4) is 0 Å². The first-order valence-electron chi connectivity index (χ1n) is 7.23. The number of rotatable bonds is 3. The molecule has 3 rings (SSSR count). The van der Waals surface area contributed by atoms with E-state index in [-0.39, 0.29) is 17.9 Å². The molecule has 1 saturated heterocycles. The lowest BCUT2D eigenvalue weighted by Gasteiger charge is -2.22. The van der Waals surface area contributed by atoms with E-state index in [2.05, 4.69) is 15.3 Å². The zero-order chi connectivity index (χ0) is 14.8. The van der Waals surface area contributed by atoms with Gasteiger partial charge in [-0.2, -0.15) is 4.98 Å². The SMILES string of the molecule is CC(Nc1nc(N)nc2ccccc12)C(=O)N1CCCC1. The van der Waals surface area contributed by atoms with E-state index in [4.69, 9.17) is 5.73 Å². The highest BCUT2D eigenvalue weighted by molar-refractivity contribution is 5.92. The quantitative estimate of drug-likeness (QED) is 0.895. The molecule has 3 N–H and O–H groups in total. The van der Waals surface area contributed by atoms with Gasteiger partial charge in [-0.25, -0.2) is 4.98 Å². The van der Waals surface area contributed by atoms with Gasteiger partial charge in [0.25, 0.3) is 0 Å². The lowest BCUT2D eigenvalue weighted by Crippen LogP contribution is -2.39. The van der Waals surface area contributed by atoms with E-state index in [1.807, 2.05) is 36.1 Å². The molecule has 1 aromatic heterocycles. The van der Waals surface area contributed by atoms with Gasteiger partial charge in [0.1, 0.15) is 11.9 Å². The molecule has 6 nitrogen and oxygen atoms in total. The molecule has 0 saturated carbocycles. The third-order valence-electron chi connectivity index (χ3n) is 3.76. The Bertz CT molecular complexity index is 666. The van der Waals surface area contributed by atoms with Gasteiger partial charge in [-0.05, 0) is 31.9 Å². The van der Waals surface area contributed by atoms with Crippen LogP contribution in [0.2, 0.25) is 0 Å². The number of amides is 1. The average Bonchev–Trinajstić information content (AvgIpc) is 3.00. The van der Waals surface area contributed by atoms with Crippen LogP contribution in [0.4, 0.5) is 11.8 Å². The van der Waals surface area contributed by atoms with E-state index in [1.165, 1.54) is 0 Å². The Morgan fingerprint density at radius 1 is 1.29 bits per heavy atom. The van der Waals surface area contributed by atoms with Crippen molar-refractivity contribution in [3.8, 4) is 0 Å². The summed E-state index contributed by atoms with van der Waals surface area (Å²) in [4.78, 5) is 22.7. The standard InChI is InChI=1S/C15H19N5O/c1-10(14(21)20-8-4-5-9-20)17-13-11-6-2-3-7-12(11)18-15(16)19-13/h2-3,6-7,10H,4-5,8-9H2,1H3,(H3,16,17,18,19). The van der Waals surface area contributed by atoms with Gasteiger partial charge in [-0.3, -0.25) is 4.79 Å². The molecular formula is C15H19N5O. The van der Waals surface area contributed by atoms with Crippen LogP contribution in [0.15, 0.2) is 24.3 Å². The van der Waals surface area contributed by atoms with Crippen LogP contribution in [0.25, 0.3) is 10.9 Å². The average molecular weight is 285 g/mol. The Morgan fingerprint density at radius 2 is 2.00 bits per heavy atom. The van der Waals surface area contributed by atoms with Gasteiger partial charge in [0.2, 0.25) is 11.9 Å². The molecule has 2 aromatic rings. The number of benzene rings is 1. The number of para-hydroxylation sites is 1. The summed E-state index contributed by atoms with van der Waals surface area (Å²) in [5.74, 6) is 0.920. The van der Waals surface area contributed by atoms with Gasteiger partial charge >= 0.3 is 0 Å². The maximum atomic E-state index is 12.4. The zero-order valence-electron chi connectivity index (χ0n) is 12.0. The number of fused-ring (bicyclic) bond motifs is 1. The van der Waals surface area contributed by atoms with E-state index in [1.54, 1.807) is 0 Å². The van der Waals surface area contributed by atoms with Crippen LogP contribution < -0.4 is 11.1 Å². The van der Waals surface area contributed by atoms with Crippen molar-refractivity contribution in [3.63, 3.8) is 0 Å². The number of aromatic nitrogens is 2. The fourth-order valence-corrected chi connectivity index (χ4v) is 2.68. The van der Waals surface area contributed by atoms with Crippen LogP contribution in [0.1, 0.15) is 19.8 Å². The second-order valence-electron chi connectivity index (χ2n) is 5.35. The molecular weight excluding hydrogens is 266 g/mol. The largest absolute Gasteiger partial charge is 0.368 e. The predicted octanol–water partition coefficient (Wildman–Crippen LogP) is 1.63. The monoisotopic (exact) mass is 285 g/mol. The number of nitrogens with two attached hydrogens (primary N) is 1. The number of hydrogen-bond donors (Lipinski definition) is 2. The molecule has 1 aliphatic heterocycles. The van der Waals surface area contributed by atoms with Gasteiger partial charge in [0.05, 0.1) is 5.52 Å². The molecule has 0 aliphatic carbocycles. The number of carbonyl (C=O) groups excluding carboxylic acids is 1. The van der Waals surface area contributed by atoms with Crippen LogP contribution in [-0.4, -0.2) is 39.9 Å². The second kappa shape index (κ2) is 5.55. The molecule has 6 heteroatoms. The van der Waals surface area contributed by atoms with E-state index in [9.17, 15) is 4.79 Å². The van der Waals surface area contributed by atoms with Crippen molar-refractivity contribution < 1.29 is 4.79 Å². The van der Waals surface area contributed by atoms with Gasteiger partial charge in [-0.15, -0.1) is 0 Å². The summed E-state index contributed by atoms with van der Waals surface area (Å²) < 4.78 is 0. The summed E-state index contributed by atoms with van der Waals surface area (Å²) in [5.41, 5.74) is 6.51. The first kappa shape index (κ1) is 13.6. The molecule has 1 unspecified atom stereocenters. The number of hydrogen-bond acceptors (Lipinski definition) is 5. The number of nitrogens with zero attached hydrogens (tertiary/aromatic N) is 3. The van der Waals surface area contributed by atoms with Gasteiger partial charge < -0.3 is 16.0 Å². The van der Waals surface area contributed by atoms with Crippen molar-refractivity contribution in [2.75, 3.05) is 24.1 Å². The molecule has 0 bridgehead atoms. The molecule has 1 atom stereocenters. The number of likely N-dealkylation sites (tertiary alicyclic amines) is 1. The van der Waals surface area contributed by atoms with E-state index >= 15 is 0 Å². The summed E-state index contributed by atoms with van der Waals surface area (Å²) in [6.45, 7) is 3.54. The lowest BCUT2D eigenvalue weighted by atomic mass is 10.2. The highest BCUT2D eigenvalue weighted by Crippen LogP contribution is 2.22. The summed E-state index contributed by atoms with van der Waals surface area (Å²) >= 11 is 0. The first-order valence-corrected chi connectivity index (χ1v) is 7.23. The Hall–Kier alpha value is -2.37. The predicted molar refractivity (Wildman–Crippen MR) is 82.8 cm³/mol. The number of nitrogen functional groups attached to an aromatic ring is 1. The minimum Gasteiger partial charge on any atom is -0.368 e.